The highest BCUT2D eigenvalue weighted by molar-refractivity contribution is 6.34. The van der Waals surface area contributed by atoms with E-state index in [1.54, 1.807) is 26.2 Å². The Kier molecular flexibility index (Phi) is 8.82. The van der Waals surface area contributed by atoms with Crippen molar-refractivity contribution < 1.29 is 27.9 Å². The van der Waals surface area contributed by atoms with Crippen molar-refractivity contribution in [2.24, 2.45) is 11.8 Å². The molecule has 10 heteroatoms. The average molecular weight is 606 g/mol. The van der Waals surface area contributed by atoms with Crippen molar-refractivity contribution in [2.75, 3.05) is 45.2 Å². The lowest BCUT2D eigenvalue weighted by molar-refractivity contribution is -0.262. The van der Waals surface area contributed by atoms with Crippen LogP contribution in [0.1, 0.15) is 72.3 Å². The Bertz CT molecular complexity index is 1300. The van der Waals surface area contributed by atoms with E-state index < -0.39 is 23.2 Å². The molecule has 0 spiro atoms. The van der Waals surface area contributed by atoms with Gasteiger partial charge in [-0.2, -0.15) is 13.2 Å². The fraction of sp³-hybridized carbons (Fsp3) is 0.562. The van der Waals surface area contributed by atoms with Crippen LogP contribution < -0.4 is 4.90 Å². The third-order valence-electron chi connectivity index (χ3n) is 9.21. The molecule has 2 amide bonds. The summed E-state index contributed by atoms with van der Waals surface area (Å²) in [5, 5.41) is 11.4. The molecule has 2 saturated heterocycles. The smallest absolute Gasteiger partial charge is 0.371 e. The van der Waals surface area contributed by atoms with Gasteiger partial charge in [-0.3, -0.25) is 9.59 Å². The maximum atomic E-state index is 14.3. The molecule has 5 rings (SSSR count). The van der Waals surface area contributed by atoms with E-state index >= 15 is 0 Å². The number of benzene rings is 2. The number of aliphatic hydroxyl groups is 1. The molecule has 0 aromatic heterocycles. The lowest BCUT2D eigenvalue weighted by Crippen LogP contribution is -2.57. The molecule has 0 unspecified atom stereocenters. The Balaban J connectivity index is 1.14. The van der Waals surface area contributed by atoms with Gasteiger partial charge >= 0.3 is 6.18 Å². The Morgan fingerprint density at radius 3 is 2.10 bits per heavy atom. The van der Waals surface area contributed by atoms with Gasteiger partial charge in [0.15, 0.2) is 0 Å². The summed E-state index contributed by atoms with van der Waals surface area (Å²) in [4.78, 5) is 30.5. The van der Waals surface area contributed by atoms with Crippen molar-refractivity contribution in [3.63, 3.8) is 0 Å². The van der Waals surface area contributed by atoms with E-state index in [0.717, 1.165) is 56.4 Å². The van der Waals surface area contributed by atoms with Crippen LogP contribution in [0.25, 0.3) is 0 Å². The zero-order chi connectivity index (χ0) is 30.2. The molecule has 228 valence electrons. The predicted octanol–water partition coefficient (Wildman–Crippen LogP) is 6.21. The number of hydrogen-bond acceptors (Lipinski definition) is 4. The van der Waals surface area contributed by atoms with Crippen LogP contribution in [-0.2, 0) is 10.4 Å². The zero-order valence-electron chi connectivity index (χ0n) is 24.2. The van der Waals surface area contributed by atoms with Gasteiger partial charge in [-0.1, -0.05) is 35.9 Å². The first kappa shape index (κ1) is 30.7. The van der Waals surface area contributed by atoms with Crippen LogP contribution in [0.15, 0.2) is 42.5 Å². The molecule has 2 aromatic rings. The summed E-state index contributed by atoms with van der Waals surface area (Å²) in [5.74, 6) is -0.378. The number of halogens is 4. The minimum Gasteiger partial charge on any atom is -0.371 e. The quantitative estimate of drug-likeness (QED) is 0.407. The first-order valence-electron chi connectivity index (χ1n) is 14.8. The summed E-state index contributed by atoms with van der Waals surface area (Å²) in [6, 6.07) is 11.4. The van der Waals surface area contributed by atoms with Gasteiger partial charge in [0.25, 0.3) is 17.4 Å². The molecule has 3 fully saturated rings. The van der Waals surface area contributed by atoms with E-state index in [1.807, 2.05) is 12.1 Å². The number of amides is 2. The van der Waals surface area contributed by atoms with E-state index in [9.17, 15) is 27.9 Å². The van der Waals surface area contributed by atoms with Crippen LogP contribution in [0.3, 0.4) is 0 Å². The molecule has 6 nitrogen and oxygen atoms in total. The summed E-state index contributed by atoms with van der Waals surface area (Å²) in [6.07, 6.45) is 0.895. The standard InChI is InChI=1S/C32H39ClF3N3O3/c1-37(2)29(40)27-9-8-26(20-28(27)33)38-14-10-21(11-15-38)18-22-12-16-39(17-13-22)30(41)31(42,32(34,35)36)25-5-3-4-24(19-25)23-6-7-23/h3-5,8-9,19-23,42H,6-7,10-18H2,1-2H3/t31-/m1/s1. The fourth-order valence-electron chi connectivity index (χ4n) is 6.46. The maximum absolute atomic E-state index is 14.3. The van der Waals surface area contributed by atoms with Crippen LogP contribution >= 0.6 is 11.6 Å². The van der Waals surface area contributed by atoms with Crippen molar-refractivity contribution in [1.29, 1.82) is 0 Å². The van der Waals surface area contributed by atoms with Crippen LogP contribution in [0, 0.1) is 11.8 Å². The van der Waals surface area contributed by atoms with Crippen molar-refractivity contribution in [3.05, 3.63) is 64.2 Å². The second kappa shape index (κ2) is 12.1. The molecule has 1 N–H and O–H groups in total. The van der Waals surface area contributed by atoms with Gasteiger partial charge in [0.1, 0.15) is 0 Å². The lowest BCUT2D eigenvalue weighted by atomic mass is 9.82. The minimum absolute atomic E-state index is 0.135. The molecule has 1 aliphatic carbocycles. The number of hydrogen-bond donors (Lipinski definition) is 1. The second-order valence-electron chi connectivity index (χ2n) is 12.4. The maximum Gasteiger partial charge on any atom is 0.430 e. The van der Waals surface area contributed by atoms with Crippen LogP contribution in [0.5, 0.6) is 0 Å². The molecule has 2 heterocycles. The van der Waals surface area contributed by atoms with Crippen molar-refractivity contribution >= 4 is 29.1 Å². The summed E-state index contributed by atoms with van der Waals surface area (Å²) in [6.45, 7) is 2.13. The molecule has 2 aromatic carbocycles. The van der Waals surface area contributed by atoms with Crippen molar-refractivity contribution in [3.8, 4) is 0 Å². The molecule has 3 aliphatic rings. The molecule has 42 heavy (non-hydrogen) atoms. The number of likely N-dealkylation sites (tertiary alicyclic amines) is 1. The summed E-state index contributed by atoms with van der Waals surface area (Å²) >= 11 is 6.41. The van der Waals surface area contributed by atoms with Gasteiger partial charge in [-0.25, -0.2) is 0 Å². The Morgan fingerprint density at radius 2 is 1.55 bits per heavy atom. The molecule has 1 atom stereocenters. The third kappa shape index (κ3) is 6.27. The van der Waals surface area contributed by atoms with Crippen molar-refractivity contribution in [2.45, 2.75) is 62.6 Å². The second-order valence-corrected chi connectivity index (χ2v) is 12.8. The monoisotopic (exact) mass is 605 g/mol. The first-order chi connectivity index (χ1) is 19.9. The zero-order valence-corrected chi connectivity index (χ0v) is 24.9. The molecular weight excluding hydrogens is 567 g/mol. The van der Waals surface area contributed by atoms with Crippen LogP contribution in [0.2, 0.25) is 5.02 Å². The highest BCUT2D eigenvalue weighted by Crippen LogP contribution is 2.45. The van der Waals surface area contributed by atoms with E-state index in [2.05, 4.69) is 4.90 Å². The minimum atomic E-state index is -5.12. The van der Waals surface area contributed by atoms with E-state index in [-0.39, 0.29) is 24.9 Å². The van der Waals surface area contributed by atoms with Gasteiger partial charge in [0, 0.05) is 51.5 Å². The molecular formula is C32H39ClF3N3O3. The van der Waals surface area contributed by atoms with Crippen LogP contribution in [0.4, 0.5) is 18.9 Å². The summed E-state index contributed by atoms with van der Waals surface area (Å²) < 4.78 is 42.8. The van der Waals surface area contributed by atoms with Crippen molar-refractivity contribution in [1.82, 2.24) is 9.80 Å². The summed E-state index contributed by atoms with van der Waals surface area (Å²) in [5.41, 5.74) is -1.73. The van der Waals surface area contributed by atoms with Gasteiger partial charge in [0.2, 0.25) is 0 Å². The number of anilines is 1. The SMILES string of the molecule is CN(C)C(=O)c1ccc(N2CCC(CC3CCN(C(=O)[C@](O)(c4cccc(C5CC5)c4)C(F)(F)F)CC3)CC2)cc1Cl. The molecule has 2 aliphatic heterocycles. The largest absolute Gasteiger partial charge is 0.430 e. The van der Waals surface area contributed by atoms with Gasteiger partial charge in [0.05, 0.1) is 10.6 Å². The van der Waals surface area contributed by atoms with Gasteiger partial charge < -0.3 is 19.8 Å². The normalized spacial score (nSPS) is 20.4. The predicted molar refractivity (Wildman–Crippen MR) is 157 cm³/mol. The third-order valence-corrected chi connectivity index (χ3v) is 9.52. The number of carbonyl (C=O) groups is 2. The lowest BCUT2D eigenvalue weighted by Gasteiger charge is -2.40. The number of piperidine rings is 2. The highest BCUT2D eigenvalue weighted by Gasteiger charge is 2.62. The number of carbonyl (C=O) groups excluding carboxylic acids is 2. The molecule has 0 bridgehead atoms. The van der Waals surface area contributed by atoms with Crippen LogP contribution in [-0.4, -0.2) is 73.2 Å². The number of rotatable bonds is 7. The van der Waals surface area contributed by atoms with Gasteiger partial charge in [-0.05, 0) is 86.5 Å². The average Bonchev–Trinajstić information content (AvgIpc) is 3.82. The highest BCUT2D eigenvalue weighted by atomic mass is 35.5. The van der Waals surface area contributed by atoms with E-state index in [4.69, 9.17) is 11.6 Å². The van der Waals surface area contributed by atoms with E-state index in [0.29, 0.717) is 35.3 Å². The van der Waals surface area contributed by atoms with E-state index in [1.165, 1.54) is 28.0 Å². The summed E-state index contributed by atoms with van der Waals surface area (Å²) in [7, 11) is 3.38. The Labute approximate surface area is 250 Å². The molecule has 0 radical (unpaired) electrons. The number of alkyl halides is 3. The Morgan fingerprint density at radius 1 is 0.929 bits per heavy atom. The topological polar surface area (TPSA) is 64.1 Å². The number of nitrogens with zero attached hydrogens (tertiary/aromatic N) is 3. The Hall–Kier alpha value is -2.78. The fourth-order valence-corrected chi connectivity index (χ4v) is 6.71. The first-order valence-corrected chi connectivity index (χ1v) is 15.2. The van der Waals surface area contributed by atoms with Gasteiger partial charge in [-0.15, -0.1) is 0 Å². The molecule has 1 saturated carbocycles.